The van der Waals surface area contributed by atoms with Crippen LogP contribution in [0.15, 0.2) is 0 Å². The van der Waals surface area contributed by atoms with Gasteiger partial charge in [-0.2, -0.15) is 0 Å². The first-order chi connectivity index (χ1) is 3.47. The fraction of sp³-hybridized carbons (Fsp3) is 1.00. The average molecular weight is 100 g/mol. The fourth-order valence-electron chi connectivity index (χ4n) is 1.32. The third kappa shape index (κ3) is 0.409. The summed E-state index contributed by atoms with van der Waals surface area (Å²) >= 11 is 0. The molecule has 0 aromatic carbocycles. The van der Waals surface area contributed by atoms with E-state index in [4.69, 9.17) is 4.74 Å². The van der Waals surface area contributed by atoms with Crippen LogP contribution in [-0.4, -0.2) is 25.8 Å². The van der Waals surface area contributed by atoms with Crippen LogP contribution >= 0.6 is 0 Å². The number of ether oxygens (including phenoxy) is 1. The average Bonchev–Trinajstić information content (AvgIpc) is 1.85. The minimum absolute atomic E-state index is 0.639. The van der Waals surface area contributed by atoms with Crippen LogP contribution in [-0.2, 0) is 4.74 Å². The lowest BCUT2D eigenvalue weighted by molar-refractivity contribution is -0.638. The zero-order chi connectivity index (χ0) is 4.69. The Labute approximate surface area is 42.9 Å². The summed E-state index contributed by atoms with van der Waals surface area (Å²) in [4.78, 5) is 0. The highest BCUT2D eigenvalue weighted by Gasteiger charge is 2.39. The highest BCUT2D eigenvalue weighted by atomic mass is 16.5. The fourth-order valence-corrected chi connectivity index (χ4v) is 1.32. The molecule has 2 atom stereocenters. The SMILES string of the molecule is C1[NH2+]CC2OCC12. The number of nitrogens with two attached hydrogens (primary N) is 1. The molecule has 0 saturated carbocycles. The first-order valence-corrected chi connectivity index (χ1v) is 2.90. The Hall–Kier alpha value is -0.0800. The van der Waals surface area contributed by atoms with Gasteiger partial charge < -0.3 is 10.1 Å². The van der Waals surface area contributed by atoms with Crippen LogP contribution in [0.2, 0.25) is 0 Å². The molecule has 7 heavy (non-hydrogen) atoms. The van der Waals surface area contributed by atoms with E-state index in [1.807, 2.05) is 0 Å². The van der Waals surface area contributed by atoms with Crippen LogP contribution in [0.1, 0.15) is 0 Å². The summed E-state index contributed by atoms with van der Waals surface area (Å²) in [5, 5.41) is 2.34. The number of fused-ring (bicyclic) bond motifs is 1. The molecule has 2 N–H and O–H groups in total. The van der Waals surface area contributed by atoms with Gasteiger partial charge in [0, 0.05) is 0 Å². The van der Waals surface area contributed by atoms with E-state index >= 15 is 0 Å². The third-order valence-electron chi connectivity index (χ3n) is 1.92. The molecule has 2 saturated heterocycles. The van der Waals surface area contributed by atoms with Gasteiger partial charge in [-0.15, -0.1) is 0 Å². The minimum atomic E-state index is 0.639. The standard InChI is InChI=1S/C5H9NO/c1-4-3-7-5(4)2-6-1/h4-6H,1-3H2/p+1. The molecule has 2 heteroatoms. The lowest BCUT2D eigenvalue weighted by Gasteiger charge is -2.26. The Morgan fingerprint density at radius 3 is 2.71 bits per heavy atom. The number of quaternary nitrogens is 1. The molecule has 0 radical (unpaired) electrons. The summed E-state index contributed by atoms with van der Waals surface area (Å²) in [6.45, 7) is 3.55. The van der Waals surface area contributed by atoms with Crippen LogP contribution in [0.3, 0.4) is 0 Å². The molecule has 2 nitrogen and oxygen atoms in total. The van der Waals surface area contributed by atoms with Gasteiger partial charge in [0.1, 0.15) is 12.6 Å². The number of hydrogen-bond donors (Lipinski definition) is 1. The Balaban J connectivity index is 2.03. The smallest absolute Gasteiger partial charge is 0.117 e. The van der Waals surface area contributed by atoms with E-state index in [2.05, 4.69) is 5.32 Å². The molecule has 2 fully saturated rings. The largest absolute Gasteiger partial charge is 0.371 e. The molecular formula is C5H10NO+. The summed E-state index contributed by atoms with van der Waals surface area (Å²) in [5.41, 5.74) is 0. The van der Waals surface area contributed by atoms with E-state index < -0.39 is 0 Å². The molecule has 2 rings (SSSR count). The van der Waals surface area contributed by atoms with Crippen LogP contribution in [0, 0.1) is 5.92 Å². The van der Waals surface area contributed by atoms with Crippen molar-refractivity contribution in [1.29, 1.82) is 0 Å². The van der Waals surface area contributed by atoms with E-state index in [9.17, 15) is 0 Å². The molecule has 2 aliphatic heterocycles. The highest BCUT2D eigenvalue weighted by Crippen LogP contribution is 2.19. The van der Waals surface area contributed by atoms with Gasteiger partial charge in [0.2, 0.25) is 0 Å². The summed E-state index contributed by atoms with van der Waals surface area (Å²) in [6, 6.07) is 0. The maximum Gasteiger partial charge on any atom is 0.117 e. The van der Waals surface area contributed by atoms with Crippen molar-refractivity contribution in [2.75, 3.05) is 19.7 Å². The van der Waals surface area contributed by atoms with Crippen molar-refractivity contribution >= 4 is 0 Å². The van der Waals surface area contributed by atoms with Crippen molar-refractivity contribution in [3.8, 4) is 0 Å². The van der Waals surface area contributed by atoms with Crippen LogP contribution < -0.4 is 5.32 Å². The van der Waals surface area contributed by atoms with Crippen molar-refractivity contribution in [1.82, 2.24) is 0 Å². The van der Waals surface area contributed by atoms with Crippen molar-refractivity contribution in [3.05, 3.63) is 0 Å². The third-order valence-corrected chi connectivity index (χ3v) is 1.92. The Bertz CT molecular complexity index is 74.1. The number of rotatable bonds is 0. The van der Waals surface area contributed by atoms with Gasteiger partial charge in [0.15, 0.2) is 0 Å². The molecule has 2 heterocycles. The monoisotopic (exact) mass is 100 g/mol. The van der Waals surface area contributed by atoms with Gasteiger partial charge >= 0.3 is 0 Å². The normalized spacial score (nSPS) is 48.0. The van der Waals surface area contributed by atoms with Crippen molar-refractivity contribution in [2.45, 2.75) is 6.10 Å². The summed E-state index contributed by atoms with van der Waals surface area (Å²) in [6.07, 6.45) is 0.639. The predicted octanol–water partition coefficient (Wildman–Crippen LogP) is -1.42. The second kappa shape index (κ2) is 1.20. The lowest BCUT2D eigenvalue weighted by Crippen LogP contribution is -2.81. The Morgan fingerprint density at radius 2 is 2.43 bits per heavy atom. The molecule has 0 aliphatic carbocycles. The van der Waals surface area contributed by atoms with Gasteiger partial charge in [-0.1, -0.05) is 0 Å². The van der Waals surface area contributed by atoms with Crippen LogP contribution in [0.4, 0.5) is 0 Å². The van der Waals surface area contributed by atoms with Crippen LogP contribution in [0.5, 0.6) is 0 Å². The van der Waals surface area contributed by atoms with E-state index in [-0.39, 0.29) is 0 Å². The van der Waals surface area contributed by atoms with Crippen molar-refractivity contribution in [2.24, 2.45) is 5.92 Å². The molecule has 40 valence electrons. The van der Waals surface area contributed by atoms with E-state index in [0.29, 0.717) is 6.10 Å². The zero-order valence-electron chi connectivity index (χ0n) is 4.26. The van der Waals surface area contributed by atoms with E-state index in [1.165, 1.54) is 13.1 Å². The van der Waals surface area contributed by atoms with Crippen LogP contribution in [0.25, 0.3) is 0 Å². The summed E-state index contributed by atoms with van der Waals surface area (Å²) in [5.74, 6) is 0.917. The molecule has 0 spiro atoms. The van der Waals surface area contributed by atoms with Gasteiger partial charge in [0.05, 0.1) is 19.1 Å². The topological polar surface area (TPSA) is 25.8 Å². The lowest BCUT2D eigenvalue weighted by atomic mass is 10.0. The maximum absolute atomic E-state index is 5.22. The van der Waals surface area contributed by atoms with Gasteiger partial charge in [-0.25, -0.2) is 0 Å². The van der Waals surface area contributed by atoms with Gasteiger partial charge in [0.25, 0.3) is 0 Å². The second-order valence-corrected chi connectivity index (χ2v) is 2.39. The first-order valence-electron chi connectivity index (χ1n) is 2.90. The predicted molar refractivity (Wildman–Crippen MR) is 24.9 cm³/mol. The highest BCUT2D eigenvalue weighted by molar-refractivity contribution is 4.79. The second-order valence-electron chi connectivity index (χ2n) is 2.39. The first kappa shape index (κ1) is 3.87. The molecule has 2 aliphatic rings. The minimum Gasteiger partial charge on any atom is -0.371 e. The van der Waals surface area contributed by atoms with Gasteiger partial charge in [-0.05, 0) is 0 Å². The van der Waals surface area contributed by atoms with E-state index in [0.717, 1.165) is 12.5 Å². The number of hydrogen-bond acceptors (Lipinski definition) is 1. The molecule has 0 amide bonds. The van der Waals surface area contributed by atoms with Gasteiger partial charge in [-0.3, -0.25) is 0 Å². The Morgan fingerprint density at radius 1 is 1.43 bits per heavy atom. The molecule has 0 aromatic heterocycles. The maximum atomic E-state index is 5.22. The molecule has 2 unspecified atom stereocenters. The molecular weight excluding hydrogens is 90.1 g/mol. The van der Waals surface area contributed by atoms with E-state index in [1.54, 1.807) is 0 Å². The molecule has 0 bridgehead atoms. The summed E-state index contributed by atoms with van der Waals surface area (Å²) in [7, 11) is 0. The Kier molecular flexibility index (Phi) is 0.664. The zero-order valence-corrected chi connectivity index (χ0v) is 4.26. The van der Waals surface area contributed by atoms with Crippen molar-refractivity contribution in [3.63, 3.8) is 0 Å². The summed E-state index contributed by atoms with van der Waals surface area (Å²) < 4.78 is 5.22. The van der Waals surface area contributed by atoms with Crippen molar-refractivity contribution < 1.29 is 10.1 Å². The molecule has 0 aromatic rings. The quantitative estimate of drug-likeness (QED) is 0.397.